The summed E-state index contributed by atoms with van der Waals surface area (Å²) < 4.78 is 5.23. The van der Waals surface area contributed by atoms with Gasteiger partial charge in [-0.25, -0.2) is 0 Å². The van der Waals surface area contributed by atoms with Crippen molar-refractivity contribution < 1.29 is 14.5 Å². The fraction of sp³-hybridized carbons (Fsp3) is 0.471. The first-order valence-corrected chi connectivity index (χ1v) is 8.22. The van der Waals surface area contributed by atoms with E-state index in [9.17, 15) is 14.9 Å². The largest absolute Gasteiger partial charge is 0.378 e. The van der Waals surface area contributed by atoms with Gasteiger partial charge >= 0.3 is 0 Å². The van der Waals surface area contributed by atoms with Gasteiger partial charge < -0.3 is 15.0 Å². The number of morpholine rings is 1. The molecule has 0 spiro atoms. The molecule has 1 saturated heterocycles. The molecule has 0 saturated carbocycles. The first-order chi connectivity index (χ1) is 11.6. The Morgan fingerprint density at radius 2 is 2.08 bits per heavy atom. The number of anilines is 1. The number of nitrogens with one attached hydrogen (secondary N) is 1. The number of hydrogen-bond donors (Lipinski definition) is 1. The van der Waals surface area contributed by atoms with Crippen LogP contribution < -0.4 is 5.32 Å². The standard InChI is InChI=1S/C17H21N3O4/c21-17(19-8-10-24-11-9-19)13-6-7-15(16(12-13)20(22)23)18-14-4-2-1-3-5-14/h1-2,6-7,12,14,18H,3-5,8-11H2. The lowest BCUT2D eigenvalue weighted by Crippen LogP contribution is -2.40. The zero-order valence-electron chi connectivity index (χ0n) is 13.4. The van der Waals surface area contributed by atoms with Crippen LogP contribution in [0, 0.1) is 10.1 Å². The van der Waals surface area contributed by atoms with Crippen molar-refractivity contribution in [1.82, 2.24) is 4.90 Å². The monoisotopic (exact) mass is 331 g/mol. The lowest BCUT2D eigenvalue weighted by molar-refractivity contribution is -0.384. The predicted molar refractivity (Wildman–Crippen MR) is 90.2 cm³/mol. The molecule has 1 aliphatic carbocycles. The predicted octanol–water partition coefficient (Wildman–Crippen LogP) is 2.59. The number of benzene rings is 1. The number of carbonyl (C=O) groups excluding carboxylic acids is 1. The highest BCUT2D eigenvalue weighted by atomic mass is 16.6. The quantitative estimate of drug-likeness (QED) is 0.521. The number of nitro groups is 1. The van der Waals surface area contributed by atoms with E-state index in [0.29, 0.717) is 37.6 Å². The van der Waals surface area contributed by atoms with E-state index in [2.05, 4.69) is 17.5 Å². The van der Waals surface area contributed by atoms with Crippen molar-refractivity contribution in [3.8, 4) is 0 Å². The third-order valence-electron chi connectivity index (χ3n) is 4.37. The Morgan fingerprint density at radius 3 is 2.75 bits per heavy atom. The molecule has 1 amide bonds. The van der Waals surface area contributed by atoms with Crippen LogP contribution in [0.3, 0.4) is 0 Å². The number of carbonyl (C=O) groups is 1. The summed E-state index contributed by atoms with van der Waals surface area (Å²) in [6, 6.07) is 4.86. The second kappa shape index (κ2) is 7.44. The number of ether oxygens (including phenoxy) is 1. The summed E-state index contributed by atoms with van der Waals surface area (Å²) in [7, 11) is 0. The van der Waals surface area contributed by atoms with Gasteiger partial charge in [-0.2, -0.15) is 0 Å². The molecule has 128 valence electrons. The molecule has 7 heteroatoms. The molecule has 0 bridgehead atoms. The maximum Gasteiger partial charge on any atom is 0.293 e. The van der Waals surface area contributed by atoms with Crippen molar-refractivity contribution in [2.24, 2.45) is 0 Å². The summed E-state index contributed by atoms with van der Waals surface area (Å²) in [6.07, 6.45) is 6.98. The number of allylic oxidation sites excluding steroid dienone is 1. The van der Waals surface area contributed by atoms with Crippen LogP contribution >= 0.6 is 0 Å². The van der Waals surface area contributed by atoms with Crippen molar-refractivity contribution in [2.75, 3.05) is 31.6 Å². The maximum atomic E-state index is 12.5. The number of nitrogens with zero attached hydrogens (tertiary/aromatic N) is 2. The molecule has 1 atom stereocenters. The Morgan fingerprint density at radius 1 is 1.29 bits per heavy atom. The molecule has 1 N–H and O–H groups in total. The van der Waals surface area contributed by atoms with Crippen molar-refractivity contribution in [3.63, 3.8) is 0 Å². The van der Waals surface area contributed by atoms with E-state index in [0.717, 1.165) is 19.3 Å². The molecule has 24 heavy (non-hydrogen) atoms. The summed E-state index contributed by atoms with van der Waals surface area (Å²) >= 11 is 0. The second-order valence-electron chi connectivity index (χ2n) is 6.02. The summed E-state index contributed by atoms with van der Waals surface area (Å²) in [5.74, 6) is -0.187. The van der Waals surface area contributed by atoms with Crippen molar-refractivity contribution >= 4 is 17.3 Å². The Labute approximate surface area is 140 Å². The summed E-state index contributed by atoms with van der Waals surface area (Å²) in [4.78, 5) is 25.2. The minimum absolute atomic E-state index is 0.0522. The molecule has 1 aromatic rings. The smallest absolute Gasteiger partial charge is 0.293 e. The van der Waals surface area contributed by atoms with Crippen molar-refractivity contribution in [3.05, 3.63) is 46.0 Å². The molecule has 0 aromatic heterocycles. The van der Waals surface area contributed by atoms with E-state index in [4.69, 9.17) is 4.74 Å². The Kier molecular flexibility index (Phi) is 5.10. The molecule has 1 unspecified atom stereocenters. The Hall–Kier alpha value is -2.41. The number of hydrogen-bond acceptors (Lipinski definition) is 5. The fourth-order valence-electron chi connectivity index (χ4n) is 3.03. The summed E-state index contributed by atoms with van der Waals surface area (Å²) in [5.41, 5.74) is 0.764. The van der Waals surface area contributed by atoms with Gasteiger partial charge in [0, 0.05) is 30.8 Å². The van der Waals surface area contributed by atoms with Gasteiger partial charge in [-0.15, -0.1) is 0 Å². The van der Waals surface area contributed by atoms with Crippen LogP contribution in [0.5, 0.6) is 0 Å². The molecule has 7 nitrogen and oxygen atoms in total. The highest BCUT2D eigenvalue weighted by Gasteiger charge is 2.23. The van der Waals surface area contributed by atoms with Gasteiger partial charge in [-0.3, -0.25) is 14.9 Å². The minimum atomic E-state index is -0.433. The van der Waals surface area contributed by atoms with Gasteiger partial charge in [0.15, 0.2) is 0 Å². The summed E-state index contributed by atoms with van der Waals surface area (Å²) in [5, 5.41) is 14.7. The first kappa shape index (κ1) is 16.4. The van der Waals surface area contributed by atoms with Crippen LogP contribution in [0.15, 0.2) is 30.4 Å². The van der Waals surface area contributed by atoms with Gasteiger partial charge in [-0.05, 0) is 31.4 Å². The van der Waals surface area contributed by atoms with Gasteiger partial charge in [0.05, 0.1) is 18.1 Å². The maximum absolute atomic E-state index is 12.5. The van der Waals surface area contributed by atoms with Crippen molar-refractivity contribution in [2.45, 2.75) is 25.3 Å². The Bertz CT molecular complexity index is 653. The van der Waals surface area contributed by atoms with Crippen LogP contribution in [0.25, 0.3) is 0 Å². The van der Waals surface area contributed by atoms with E-state index in [1.54, 1.807) is 17.0 Å². The average molecular weight is 331 g/mol. The van der Waals surface area contributed by atoms with Crippen LogP contribution in [0.2, 0.25) is 0 Å². The van der Waals surface area contributed by atoms with Crippen LogP contribution in [-0.4, -0.2) is 48.1 Å². The first-order valence-electron chi connectivity index (χ1n) is 8.22. The third kappa shape index (κ3) is 3.73. The lowest BCUT2D eigenvalue weighted by Gasteiger charge is -2.27. The fourth-order valence-corrected chi connectivity index (χ4v) is 3.03. The molecule has 3 rings (SSSR count). The average Bonchev–Trinajstić information content (AvgIpc) is 2.63. The topological polar surface area (TPSA) is 84.7 Å². The van der Waals surface area contributed by atoms with Crippen molar-refractivity contribution in [1.29, 1.82) is 0 Å². The van der Waals surface area contributed by atoms with Gasteiger partial charge in [0.2, 0.25) is 0 Å². The molecule has 1 heterocycles. The van der Waals surface area contributed by atoms with E-state index < -0.39 is 4.92 Å². The third-order valence-corrected chi connectivity index (χ3v) is 4.37. The minimum Gasteiger partial charge on any atom is -0.378 e. The summed E-state index contributed by atoms with van der Waals surface area (Å²) in [6.45, 7) is 2.04. The molecule has 1 aliphatic heterocycles. The Balaban J connectivity index is 1.79. The van der Waals surface area contributed by atoms with Gasteiger partial charge in [0.25, 0.3) is 11.6 Å². The zero-order valence-corrected chi connectivity index (χ0v) is 13.4. The molecular formula is C17H21N3O4. The number of amides is 1. The van der Waals surface area contributed by atoms with Gasteiger partial charge in [0.1, 0.15) is 5.69 Å². The second-order valence-corrected chi connectivity index (χ2v) is 6.02. The molecule has 1 fully saturated rings. The highest BCUT2D eigenvalue weighted by Crippen LogP contribution is 2.28. The number of rotatable bonds is 4. The molecule has 2 aliphatic rings. The van der Waals surface area contributed by atoms with E-state index in [1.807, 2.05) is 0 Å². The van der Waals surface area contributed by atoms with E-state index in [1.165, 1.54) is 6.07 Å². The van der Waals surface area contributed by atoms with Crippen LogP contribution in [0.4, 0.5) is 11.4 Å². The lowest BCUT2D eigenvalue weighted by atomic mass is 10.0. The van der Waals surface area contributed by atoms with Gasteiger partial charge in [-0.1, -0.05) is 12.2 Å². The molecule has 1 aromatic carbocycles. The normalized spacial score (nSPS) is 20.7. The van der Waals surface area contributed by atoms with Crippen LogP contribution in [-0.2, 0) is 4.74 Å². The zero-order chi connectivity index (χ0) is 16.9. The van der Waals surface area contributed by atoms with Crippen LogP contribution in [0.1, 0.15) is 29.6 Å². The molecular weight excluding hydrogens is 310 g/mol. The SMILES string of the molecule is O=C(c1ccc(NC2CC=CCC2)c([N+](=O)[O-])c1)N1CCOCC1. The number of nitro benzene ring substituents is 1. The molecule has 0 radical (unpaired) electrons. The van der Waals surface area contributed by atoms with E-state index in [-0.39, 0.29) is 17.6 Å². The highest BCUT2D eigenvalue weighted by molar-refractivity contribution is 5.95. The van der Waals surface area contributed by atoms with E-state index >= 15 is 0 Å².